The van der Waals surface area contributed by atoms with Gasteiger partial charge in [0, 0.05) is 6.54 Å². The molecule has 0 saturated carbocycles. The van der Waals surface area contributed by atoms with Crippen molar-refractivity contribution in [3.63, 3.8) is 0 Å². The number of hydrogen-bond donors (Lipinski definition) is 2. The molecule has 5 nitrogen and oxygen atoms in total. The van der Waals surface area contributed by atoms with E-state index in [1.165, 1.54) is 6.42 Å². The first kappa shape index (κ1) is 14.2. The molecule has 0 aromatic heterocycles. The Morgan fingerprint density at radius 1 is 1.19 bits per heavy atom. The van der Waals surface area contributed by atoms with Crippen LogP contribution in [-0.2, 0) is 11.3 Å². The number of nitrogens with one attached hydrogen (secondary N) is 2. The fourth-order valence-electron chi connectivity index (χ4n) is 2.76. The van der Waals surface area contributed by atoms with E-state index >= 15 is 0 Å². The van der Waals surface area contributed by atoms with Crippen molar-refractivity contribution in [2.24, 2.45) is 0 Å². The van der Waals surface area contributed by atoms with Gasteiger partial charge in [0.1, 0.15) is 13.2 Å². The Morgan fingerprint density at radius 2 is 2.05 bits per heavy atom. The van der Waals surface area contributed by atoms with Crippen molar-refractivity contribution in [3.8, 4) is 11.5 Å². The first-order valence-electron chi connectivity index (χ1n) is 7.72. The molecular weight excluding hydrogens is 268 g/mol. The van der Waals surface area contributed by atoms with Gasteiger partial charge < -0.3 is 20.1 Å². The molecule has 2 N–H and O–H groups in total. The van der Waals surface area contributed by atoms with Gasteiger partial charge in [0.15, 0.2) is 11.5 Å². The highest BCUT2D eigenvalue weighted by atomic mass is 16.6. The lowest BCUT2D eigenvalue weighted by Gasteiger charge is -2.19. The molecule has 3 rings (SSSR count). The molecular formula is C16H22N2O3. The number of hydrogen-bond acceptors (Lipinski definition) is 4. The van der Waals surface area contributed by atoms with Crippen LogP contribution >= 0.6 is 0 Å². The van der Waals surface area contributed by atoms with E-state index in [-0.39, 0.29) is 11.9 Å². The molecule has 2 aliphatic rings. The molecule has 1 fully saturated rings. The molecule has 1 aromatic rings. The average molecular weight is 290 g/mol. The maximum absolute atomic E-state index is 12.2. The van der Waals surface area contributed by atoms with Gasteiger partial charge in [-0.15, -0.1) is 0 Å². The summed E-state index contributed by atoms with van der Waals surface area (Å²) < 4.78 is 11.0. The van der Waals surface area contributed by atoms with Gasteiger partial charge in [0.25, 0.3) is 0 Å². The lowest BCUT2D eigenvalue weighted by Crippen LogP contribution is -2.43. The Hall–Kier alpha value is -1.75. The third-order valence-corrected chi connectivity index (χ3v) is 3.95. The Kier molecular flexibility index (Phi) is 4.60. The van der Waals surface area contributed by atoms with E-state index < -0.39 is 0 Å². The molecule has 2 heterocycles. The number of fused-ring (bicyclic) bond motifs is 1. The van der Waals surface area contributed by atoms with Crippen LogP contribution in [-0.4, -0.2) is 31.7 Å². The summed E-state index contributed by atoms with van der Waals surface area (Å²) in [5.41, 5.74) is 1.03. The predicted molar refractivity (Wildman–Crippen MR) is 79.5 cm³/mol. The van der Waals surface area contributed by atoms with Gasteiger partial charge in [0.05, 0.1) is 6.04 Å². The average Bonchev–Trinajstić information content (AvgIpc) is 2.81. The lowest BCUT2D eigenvalue weighted by atomic mass is 10.1. The zero-order valence-electron chi connectivity index (χ0n) is 12.2. The van der Waals surface area contributed by atoms with E-state index in [4.69, 9.17) is 9.47 Å². The smallest absolute Gasteiger partial charge is 0.237 e. The highest BCUT2D eigenvalue weighted by Gasteiger charge is 2.19. The number of benzene rings is 1. The van der Waals surface area contributed by atoms with Crippen LogP contribution in [0, 0.1) is 0 Å². The second-order valence-corrected chi connectivity index (χ2v) is 5.55. The third kappa shape index (κ3) is 3.67. The Labute approximate surface area is 125 Å². The van der Waals surface area contributed by atoms with Crippen LogP contribution in [0.15, 0.2) is 18.2 Å². The second-order valence-electron chi connectivity index (χ2n) is 5.55. The predicted octanol–water partition coefficient (Wildman–Crippen LogP) is 1.61. The van der Waals surface area contributed by atoms with Crippen molar-refractivity contribution in [3.05, 3.63) is 23.8 Å². The molecule has 0 radical (unpaired) electrons. The van der Waals surface area contributed by atoms with Crippen molar-refractivity contribution < 1.29 is 14.3 Å². The molecule has 0 aliphatic carbocycles. The summed E-state index contributed by atoms with van der Waals surface area (Å²) in [6.07, 6.45) is 4.41. The van der Waals surface area contributed by atoms with Gasteiger partial charge in [-0.1, -0.05) is 18.9 Å². The molecule has 1 aromatic carbocycles. The van der Waals surface area contributed by atoms with Crippen LogP contribution in [0.25, 0.3) is 0 Å². The standard InChI is InChI=1S/C16H22N2O3/c19-16(13-4-2-1-3-7-17-13)18-11-12-5-6-14-15(10-12)21-9-8-20-14/h5-6,10,13,17H,1-4,7-9,11H2,(H,18,19). The first-order valence-corrected chi connectivity index (χ1v) is 7.72. The Bertz CT molecular complexity index is 496. The summed E-state index contributed by atoms with van der Waals surface area (Å²) in [4.78, 5) is 12.2. The van der Waals surface area contributed by atoms with Crippen molar-refractivity contribution in [1.29, 1.82) is 0 Å². The largest absolute Gasteiger partial charge is 0.486 e. The zero-order chi connectivity index (χ0) is 14.5. The van der Waals surface area contributed by atoms with Gasteiger partial charge in [-0.3, -0.25) is 4.79 Å². The minimum Gasteiger partial charge on any atom is -0.486 e. The highest BCUT2D eigenvalue weighted by Crippen LogP contribution is 2.30. The number of ether oxygens (including phenoxy) is 2. The van der Waals surface area contributed by atoms with Crippen LogP contribution in [0.3, 0.4) is 0 Å². The number of carbonyl (C=O) groups is 1. The van der Waals surface area contributed by atoms with E-state index in [0.717, 1.165) is 42.9 Å². The van der Waals surface area contributed by atoms with Crippen molar-refractivity contribution in [1.82, 2.24) is 10.6 Å². The second kappa shape index (κ2) is 6.80. The van der Waals surface area contributed by atoms with Crippen LogP contribution in [0.1, 0.15) is 31.2 Å². The molecule has 0 spiro atoms. The molecule has 1 amide bonds. The fraction of sp³-hybridized carbons (Fsp3) is 0.562. The van der Waals surface area contributed by atoms with Crippen LogP contribution in [0.5, 0.6) is 11.5 Å². The fourth-order valence-corrected chi connectivity index (χ4v) is 2.76. The monoisotopic (exact) mass is 290 g/mol. The summed E-state index contributed by atoms with van der Waals surface area (Å²) in [7, 11) is 0. The minimum absolute atomic E-state index is 0.0512. The Balaban J connectivity index is 1.55. The number of rotatable bonds is 3. The summed E-state index contributed by atoms with van der Waals surface area (Å²) in [5, 5.41) is 6.32. The topological polar surface area (TPSA) is 59.6 Å². The van der Waals surface area contributed by atoms with E-state index in [2.05, 4.69) is 10.6 Å². The lowest BCUT2D eigenvalue weighted by molar-refractivity contribution is -0.123. The van der Waals surface area contributed by atoms with E-state index in [9.17, 15) is 4.79 Å². The van der Waals surface area contributed by atoms with Crippen LogP contribution < -0.4 is 20.1 Å². The van der Waals surface area contributed by atoms with E-state index in [1.807, 2.05) is 18.2 Å². The summed E-state index contributed by atoms with van der Waals surface area (Å²) in [5.74, 6) is 1.63. The van der Waals surface area contributed by atoms with Gasteiger partial charge >= 0.3 is 0 Å². The summed E-state index contributed by atoms with van der Waals surface area (Å²) in [6.45, 7) is 2.63. The molecule has 1 atom stereocenters. The SMILES string of the molecule is O=C(NCc1ccc2c(c1)OCCO2)C1CCCCCN1. The normalized spacial score (nSPS) is 21.4. The van der Waals surface area contributed by atoms with E-state index in [1.54, 1.807) is 0 Å². The summed E-state index contributed by atoms with van der Waals surface area (Å²) >= 11 is 0. The minimum atomic E-state index is -0.0512. The van der Waals surface area contributed by atoms with Crippen LogP contribution in [0.2, 0.25) is 0 Å². The van der Waals surface area contributed by atoms with Gasteiger partial charge in [0.2, 0.25) is 5.91 Å². The molecule has 0 bridgehead atoms. The quantitative estimate of drug-likeness (QED) is 0.888. The molecule has 5 heteroatoms. The maximum Gasteiger partial charge on any atom is 0.237 e. The molecule has 1 saturated heterocycles. The maximum atomic E-state index is 12.2. The zero-order valence-corrected chi connectivity index (χ0v) is 12.2. The van der Waals surface area contributed by atoms with Crippen molar-refractivity contribution in [2.45, 2.75) is 38.3 Å². The summed E-state index contributed by atoms with van der Waals surface area (Å²) in [6, 6.07) is 5.76. The number of carbonyl (C=O) groups excluding carboxylic acids is 1. The van der Waals surface area contributed by atoms with Crippen molar-refractivity contribution in [2.75, 3.05) is 19.8 Å². The van der Waals surface area contributed by atoms with Gasteiger partial charge in [-0.25, -0.2) is 0 Å². The first-order chi connectivity index (χ1) is 10.3. The Morgan fingerprint density at radius 3 is 2.95 bits per heavy atom. The number of amides is 1. The molecule has 114 valence electrons. The molecule has 1 unspecified atom stereocenters. The van der Waals surface area contributed by atoms with Gasteiger partial charge in [-0.05, 0) is 37.1 Å². The van der Waals surface area contributed by atoms with Gasteiger partial charge in [-0.2, -0.15) is 0 Å². The molecule has 21 heavy (non-hydrogen) atoms. The highest BCUT2D eigenvalue weighted by molar-refractivity contribution is 5.81. The third-order valence-electron chi connectivity index (χ3n) is 3.95. The van der Waals surface area contributed by atoms with E-state index in [0.29, 0.717) is 19.8 Å². The van der Waals surface area contributed by atoms with Crippen molar-refractivity contribution >= 4 is 5.91 Å². The van der Waals surface area contributed by atoms with Crippen LogP contribution in [0.4, 0.5) is 0 Å². The molecule has 2 aliphatic heterocycles.